The number of carbonyl (C=O) groups is 1. The van der Waals surface area contributed by atoms with E-state index in [0.29, 0.717) is 18.4 Å². The summed E-state index contributed by atoms with van der Waals surface area (Å²) in [5.41, 5.74) is 0.732. The van der Waals surface area contributed by atoms with Crippen LogP contribution in [0.1, 0.15) is 19.3 Å². The van der Waals surface area contributed by atoms with Crippen molar-refractivity contribution in [1.29, 1.82) is 0 Å². The Balaban J connectivity index is 2.32. The SMILES string of the molecule is O=C1CCC2CC=C([N+](=O)[O-])C=C12. The summed E-state index contributed by atoms with van der Waals surface area (Å²) in [6.45, 7) is 0. The van der Waals surface area contributed by atoms with E-state index in [9.17, 15) is 14.9 Å². The second-order valence-corrected chi connectivity index (χ2v) is 3.38. The van der Waals surface area contributed by atoms with Crippen molar-refractivity contribution < 1.29 is 9.72 Å². The maximum atomic E-state index is 11.3. The summed E-state index contributed by atoms with van der Waals surface area (Å²) in [5, 5.41) is 10.4. The van der Waals surface area contributed by atoms with Crippen molar-refractivity contribution >= 4 is 5.78 Å². The van der Waals surface area contributed by atoms with E-state index in [1.165, 1.54) is 6.08 Å². The number of hydrogen-bond donors (Lipinski definition) is 0. The van der Waals surface area contributed by atoms with Crippen LogP contribution in [-0.2, 0) is 4.79 Å². The Morgan fingerprint density at radius 2 is 2.31 bits per heavy atom. The van der Waals surface area contributed by atoms with E-state index in [1.54, 1.807) is 6.08 Å². The average molecular weight is 179 g/mol. The molecule has 68 valence electrons. The van der Waals surface area contributed by atoms with E-state index in [0.717, 1.165) is 6.42 Å². The van der Waals surface area contributed by atoms with E-state index in [2.05, 4.69) is 0 Å². The van der Waals surface area contributed by atoms with Gasteiger partial charge in [-0.1, -0.05) is 0 Å². The van der Waals surface area contributed by atoms with Crippen LogP contribution in [-0.4, -0.2) is 10.7 Å². The molecular formula is C9H9NO3. The molecule has 2 aliphatic rings. The van der Waals surface area contributed by atoms with E-state index in [-0.39, 0.29) is 17.4 Å². The highest BCUT2D eigenvalue weighted by Crippen LogP contribution is 2.35. The lowest BCUT2D eigenvalue weighted by Crippen LogP contribution is -2.09. The number of nitrogens with zero attached hydrogens (tertiary/aromatic N) is 1. The zero-order valence-corrected chi connectivity index (χ0v) is 7.03. The van der Waals surface area contributed by atoms with Gasteiger partial charge in [0.2, 0.25) is 0 Å². The molecule has 0 aliphatic heterocycles. The van der Waals surface area contributed by atoms with Gasteiger partial charge in [0, 0.05) is 18.1 Å². The molecule has 4 nitrogen and oxygen atoms in total. The van der Waals surface area contributed by atoms with Crippen LogP contribution in [0.2, 0.25) is 0 Å². The third kappa shape index (κ3) is 1.28. The second-order valence-electron chi connectivity index (χ2n) is 3.38. The summed E-state index contributed by atoms with van der Waals surface area (Å²) in [4.78, 5) is 21.3. The van der Waals surface area contributed by atoms with Gasteiger partial charge in [0.1, 0.15) is 0 Å². The van der Waals surface area contributed by atoms with E-state index in [4.69, 9.17) is 0 Å². The summed E-state index contributed by atoms with van der Waals surface area (Å²) in [5.74, 6) is 0.327. The molecule has 0 aromatic carbocycles. The van der Waals surface area contributed by atoms with Gasteiger partial charge in [0.15, 0.2) is 5.78 Å². The molecular weight excluding hydrogens is 170 g/mol. The molecule has 1 fully saturated rings. The zero-order valence-electron chi connectivity index (χ0n) is 7.03. The minimum atomic E-state index is -0.436. The van der Waals surface area contributed by atoms with Gasteiger partial charge in [-0.2, -0.15) is 0 Å². The van der Waals surface area contributed by atoms with Crippen LogP contribution in [0.4, 0.5) is 0 Å². The lowest BCUT2D eigenvalue weighted by molar-refractivity contribution is -0.419. The van der Waals surface area contributed by atoms with E-state index >= 15 is 0 Å². The fourth-order valence-electron chi connectivity index (χ4n) is 1.88. The molecule has 1 unspecified atom stereocenters. The number of allylic oxidation sites excluding steroid dienone is 3. The van der Waals surface area contributed by atoms with Gasteiger partial charge < -0.3 is 0 Å². The Bertz CT molecular complexity index is 341. The molecule has 2 aliphatic carbocycles. The molecule has 1 saturated carbocycles. The van der Waals surface area contributed by atoms with Gasteiger partial charge in [-0.3, -0.25) is 14.9 Å². The monoisotopic (exact) mass is 179 g/mol. The van der Waals surface area contributed by atoms with Gasteiger partial charge >= 0.3 is 0 Å². The van der Waals surface area contributed by atoms with Crippen molar-refractivity contribution in [3.63, 3.8) is 0 Å². The predicted molar refractivity (Wildman–Crippen MR) is 45.5 cm³/mol. The van der Waals surface area contributed by atoms with Gasteiger partial charge in [0.25, 0.3) is 5.70 Å². The number of Topliss-reactive ketones (excluding diaryl/α,β-unsaturated/α-hetero) is 1. The first-order valence-corrected chi connectivity index (χ1v) is 4.28. The molecule has 0 radical (unpaired) electrons. The summed E-state index contributed by atoms with van der Waals surface area (Å²) in [6, 6.07) is 0. The summed E-state index contributed by atoms with van der Waals surface area (Å²) in [6.07, 6.45) is 5.09. The van der Waals surface area contributed by atoms with Crippen molar-refractivity contribution in [3.8, 4) is 0 Å². The number of rotatable bonds is 1. The highest BCUT2D eigenvalue weighted by atomic mass is 16.6. The van der Waals surface area contributed by atoms with Crippen molar-refractivity contribution in [2.75, 3.05) is 0 Å². The van der Waals surface area contributed by atoms with Crippen LogP contribution in [0.15, 0.2) is 23.4 Å². The third-order valence-electron chi connectivity index (χ3n) is 2.61. The van der Waals surface area contributed by atoms with Crippen LogP contribution in [0.5, 0.6) is 0 Å². The van der Waals surface area contributed by atoms with Gasteiger partial charge in [-0.05, 0) is 24.8 Å². The van der Waals surface area contributed by atoms with Crippen molar-refractivity contribution in [1.82, 2.24) is 0 Å². The Kier molecular flexibility index (Phi) is 1.76. The van der Waals surface area contributed by atoms with E-state index < -0.39 is 4.92 Å². The lowest BCUT2D eigenvalue weighted by Gasteiger charge is -2.10. The zero-order chi connectivity index (χ0) is 9.42. The molecule has 4 heteroatoms. The number of fused-ring (bicyclic) bond motifs is 1. The maximum absolute atomic E-state index is 11.3. The van der Waals surface area contributed by atoms with Crippen molar-refractivity contribution in [2.45, 2.75) is 19.3 Å². The topological polar surface area (TPSA) is 60.2 Å². The van der Waals surface area contributed by atoms with Crippen molar-refractivity contribution in [3.05, 3.63) is 33.5 Å². The number of nitro groups is 1. The minimum Gasteiger partial charge on any atom is -0.295 e. The predicted octanol–water partition coefficient (Wildman–Crippen LogP) is 1.46. The Labute approximate surface area is 75.1 Å². The first-order valence-electron chi connectivity index (χ1n) is 4.28. The lowest BCUT2D eigenvalue weighted by atomic mass is 9.93. The summed E-state index contributed by atoms with van der Waals surface area (Å²) < 4.78 is 0. The molecule has 0 bridgehead atoms. The molecule has 2 rings (SSSR count). The minimum absolute atomic E-state index is 0.0708. The normalized spacial score (nSPS) is 26.5. The largest absolute Gasteiger partial charge is 0.295 e. The Morgan fingerprint density at radius 1 is 1.54 bits per heavy atom. The van der Waals surface area contributed by atoms with Crippen LogP contribution in [0, 0.1) is 16.0 Å². The van der Waals surface area contributed by atoms with Gasteiger partial charge in [-0.15, -0.1) is 0 Å². The smallest absolute Gasteiger partial charge is 0.265 e. The first kappa shape index (κ1) is 8.16. The average Bonchev–Trinajstić information content (AvgIpc) is 2.47. The maximum Gasteiger partial charge on any atom is 0.265 e. The molecule has 0 N–H and O–H groups in total. The fraction of sp³-hybridized carbons (Fsp3) is 0.444. The second kappa shape index (κ2) is 2.80. The highest BCUT2D eigenvalue weighted by Gasteiger charge is 2.32. The van der Waals surface area contributed by atoms with Crippen LogP contribution >= 0.6 is 0 Å². The quantitative estimate of drug-likeness (QED) is 0.452. The molecule has 13 heavy (non-hydrogen) atoms. The van der Waals surface area contributed by atoms with E-state index in [1.807, 2.05) is 0 Å². The number of ketones is 1. The molecule has 0 spiro atoms. The first-order chi connectivity index (χ1) is 6.18. The number of carbonyl (C=O) groups excluding carboxylic acids is 1. The van der Waals surface area contributed by atoms with Gasteiger partial charge in [0.05, 0.1) is 4.92 Å². The third-order valence-corrected chi connectivity index (χ3v) is 2.61. The molecule has 0 aromatic rings. The molecule has 0 amide bonds. The standard InChI is InChI=1S/C9H9NO3/c11-9-4-2-6-1-3-7(10(12)13)5-8(6)9/h3,5-6H,1-2,4H2. The highest BCUT2D eigenvalue weighted by molar-refractivity contribution is 5.98. The fourth-order valence-corrected chi connectivity index (χ4v) is 1.88. The van der Waals surface area contributed by atoms with Crippen LogP contribution in [0.3, 0.4) is 0 Å². The van der Waals surface area contributed by atoms with Crippen molar-refractivity contribution in [2.24, 2.45) is 5.92 Å². The molecule has 1 atom stereocenters. The van der Waals surface area contributed by atoms with Crippen LogP contribution in [0.25, 0.3) is 0 Å². The molecule has 0 saturated heterocycles. The van der Waals surface area contributed by atoms with Crippen LogP contribution < -0.4 is 0 Å². The molecule has 0 heterocycles. The Hall–Kier alpha value is -1.45. The van der Waals surface area contributed by atoms with Gasteiger partial charge in [-0.25, -0.2) is 0 Å². The summed E-state index contributed by atoms with van der Waals surface area (Å²) >= 11 is 0. The Morgan fingerprint density at radius 3 is 3.00 bits per heavy atom. The number of hydrogen-bond acceptors (Lipinski definition) is 3. The molecule has 0 aromatic heterocycles. The summed E-state index contributed by atoms with van der Waals surface area (Å²) in [7, 11) is 0.